The van der Waals surface area contributed by atoms with Gasteiger partial charge in [-0.2, -0.15) is 0 Å². The van der Waals surface area contributed by atoms with Crippen LogP contribution in [-0.4, -0.2) is 35.2 Å². The van der Waals surface area contributed by atoms with Crippen LogP contribution in [0.2, 0.25) is 0 Å². The predicted molar refractivity (Wildman–Crippen MR) is 151 cm³/mol. The Morgan fingerprint density at radius 2 is 1.67 bits per heavy atom. The third-order valence-electron chi connectivity index (χ3n) is 8.27. The number of benzene rings is 4. The molecule has 0 bridgehead atoms. The highest BCUT2D eigenvalue weighted by Gasteiger charge is 2.33. The van der Waals surface area contributed by atoms with E-state index in [4.69, 9.17) is 4.74 Å². The van der Waals surface area contributed by atoms with Gasteiger partial charge in [0.2, 0.25) is 0 Å². The number of rotatable bonds is 3. The van der Waals surface area contributed by atoms with Crippen LogP contribution in [0, 0.1) is 0 Å². The van der Waals surface area contributed by atoms with Gasteiger partial charge in [0.05, 0.1) is 11.1 Å². The number of ether oxygens (including phenoxy) is 1. The van der Waals surface area contributed by atoms with Crippen LogP contribution < -0.4 is 20.1 Å². The molecule has 4 aromatic carbocycles. The van der Waals surface area contributed by atoms with E-state index in [1.54, 1.807) is 0 Å². The molecular weight excluding hydrogens is 490 g/mol. The first-order valence-electron chi connectivity index (χ1n) is 13.4. The molecule has 0 radical (unpaired) electrons. The smallest absolute Gasteiger partial charge is 0.336 e. The Bertz CT molecular complexity index is 1850. The lowest BCUT2D eigenvalue weighted by Gasteiger charge is -2.35. The van der Waals surface area contributed by atoms with Crippen molar-refractivity contribution in [2.75, 3.05) is 18.0 Å². The van der Waals surface area contributed by atoms with Gasteiger partial charge in [-0.15, -0.1) is 0 Å². The van der Waals surface area contributed by atoms with E-state index in [1.165, 1.54) is 29.4 Å². The van der Waals surface area contributed by atoms with Crippen molar-refractivity contribution < 1.29 is 24.5 Å². The first kappa shape index (κ1) is 23.5. The molecule has 0 unspecified atom stereocenters. The van der Waals surface area contributed by atoms with Crippen molar-refractivity contribution in [1.82, 2.24) is 0 Å². The van der Waals surface area contributed by atoms with E-state index >= 15 is 0 Å². The van der Waals surface area contributed by atoms with Gasteiger partial charge in [0.15, 0.2) is 0 Å². The van der Waals surface area contributed by atoms with Crippen LogP contribution in [0.25, 0.3) is 22.9 Å². The lowest BCUT2D eigenvalue weighted by Crippen LogP contribution is -2.31. The third-order valence-corrected chi connectivity index (χ3v) is 8.27. The van der Waals surface area contributed by atoms with E-state index in [2.05, 4.69) is 17.5 Å². The van der Waals surface area contributed by atoms with Gasteiger partial charge in [-0.05, 0) is 90.2 Å². The molecule has 7 rings (SSSR count). The first-order valence-corrected chi connectivity index (χ1v) is 13.4. The molecule has 6 nitrogen and oxygen atoms in total. The molecule has 0 saturated heterocycles. The van der Waals surface area contributed by atoms with E-state index < -0.39 is 11.9 Å². The second kappa shape index (κ2) is 8.73. The minimum absolute atomic E-state index is 0.0434. The van der Waals surface area contributed by atoms with Gasteiger partial charge in [0, 0.05) is 46.1 Å². The van der Waals surface area contributed by atoms with Crippen LogP contribution >= 0.6 is 0 Å². The molecule has 0 aliphatic carbocycles. The molecule has 0 fully saturated rings. The van der Waals surface area contributed by atoms with Gasteiger partial charge in [-0.3, -0.25) is 0 Å². The van der Waals surface area contributed by atoms with Gasteiger partial charge in [0.1, 0.15) is 11.5 Å². The Morgan fingerprint density at radius 3 is 2.49 bits per heavy atom. The summed E-state index contributed by atoms with van der Waals surface area (Å²) in [5.41, 5.74) is 5.70. The molecule has 3 aliphatic heterocycles. The molecular formula is C33H27NO5. The highest BCUT2D eigenvalue weighted by molar-refractivity contribution is 6.02. The third kappa shape index (κ3) is 3.62. The Kier molecular flexibility index (Phi) is 5.27. The van der Waals surface area contributed by atoms with Crippen molar-refractivity contribution in [3.05, 3.63) is 98.4 Å². The topological polar surface area (TPSA) is 87.1 Å². The van der Waals surface area contributed by atoms with E-state index in [9.17, 15) is 19.8 Å². The van der Waals surface area contributed by atoms with E-state index in [0.717, 1.165) is 83.3 Å². The average Bonchev–Trinajstić information content (AvgIpc) is 3.14. The van der Waals surface area contributed by atoms with Crippen molar-refractivity contribution in [3.8, 4) is 11.5 Å². The lowest BCUT2D eigenvalue weighted by atomic mass is 9.83. The summed E-state index contributed by atoms with van der Waals surface area (Å²) in [4.78, 5) is 26.9. The molecule has 6 heteroatoms. The quantitative estimate of drug-likeness (QED) is 0.347. The van der Waals surface area contributed by atoms with Gasteiger partial charge in [-0.25, -0.2) is 9.59 Å². The fraction of sp³-hybridized carbons (Fsp3) is 0.212. The van der Waals surface area contributed by atoms with Gasteiger partial charge in [-0.1, -0.05) is 24.8 Å². The van der Waals surface area contributed by atoms with Crippen LogP contribution in [0.5, 0.6) is 11.5 Å². The summed E-state index contributed by atoms with van der Waals surface area (Å²) < 4.78 is 6.84. The van der Waals surface area contributed by atoms with E-state index in [-0.39, 0.29) is 11.1 Å². The van der Waals surface area contributed by atoms with Crippen LogP contribution in [0.15, 0.2) is 54.6 Å². The number of hydrogen-bond donors (Lipinski definition) is 2. The normalized spacial score (nSPS) is 15.6. The maximum Gasteiger partial charge on any atom is 0.336 e. The fourth-order valence-electron chi connectivity index (χ4n) is 6.56. The highest BCUT2D eigenvalue weighted by Crippen LogP contribution is 2.48. The molecule has 39 heavy (non-hydrogen) atoms. The Balaban J connectivity index is 1.65. The van der Waals surface area contributed by atoms with Crippen LogP contribution in [0.4, 0.5) is 5.69 Å². The molecule has 3 heterocycles. The molecule has 0 amide bonds. The maximum absolute atomic E-state index is 12.5. The molecule has 0 aromatic heterocycles. The average molecular weight is 518 g/mol. The molecule has 0 saturated carbocycles. The first-order chi connectivity index (χ1) is 18.9. The molecule has 194 valence electrons. The Morgan fingerprint density at radius 1 is 0.821 bits per heavy atom. The number of nitrogens with zero attached hydrogens (tertiary/aromatic N) is 1. The van der Waals surface area contributed by atoms with E-state index in [1.807, 2.05) is 30.3 Å². The zero-order chi connectivity index (χ0) is 26.8. The molecule has 4 aromatic rings. The highest BCUT2D eigenvalue weighted by atomic mass is 16.5. The molecule has 0 atom stereocenters. The standard InChI is InChI=1S/C33H27NO5/c1-18-7-10-22-19(15-18)8-12-24-28(26-17-21(32(35)36)9-11-23(26)33(37)38)27-16-20-5-2-3-13-34-14-4-6-25(29(20)34)31(27)39-30(22)24/h7-12,15-17H,1-6,13-14H2,(H,35,36)(H,37,38). The second-order valence-electron chi connectivity index (χ2n) is 10.6. The number of anilines is 1. The monoisotopic (exact) mass is 517 g/mol. The van der Waals surface area contributed by atoms with E-state index in [0.29, 0.717) is 16.9 Å². The maximum atomic E-state index is 12.5. The number of fused-ring (bicyclic) bond motifs is 5. The van der Waals surface area contributed by atoms with Crippen LogP contribution in [0.1, 0.15) is 62.2 Å². The number of aromatic carboxylic acids is 2. The van der Waals surface area contributed by atoms with Gasteiger partial charge >= 0.3 is 11.9 Å². The number of carboxylic acid groups (broad SMARTS) is 2. The van der Waals surface area contributed by atoms with Crippen LogP contribution in [0.3, 0.4) is 0 Å². The minimum atomic E-state index is -1.10. The van der Waals surface area contributed by atoms with Crippen molar-refractivity contribution in [3.63, 3.8) is 0 Å². The summed E-state index contributed by atoms with van der Waals surface area (Å²) in [6, 6.07) is 16.3. The number of carboxylic acids is 2. The molecule has 3 aliphatic rings. The van der Waals surface area contributed by atoms with Crippen molar-refractivity contribution in [1.29, 1.82) is 0 Å². The summed E-state index contributed by atoms with van der Waals surface area (Å²) in [6.45, 7) is 6.10. The molecule has 2 N–H and O–H groups in total. The number of aryl methyl sites for hydroxylation is 1. The largest absolute Gasteiger partial charge is 0.478 e. The summed E-state index contributed by atoms with van der Waals surface area (Å²) in [6.07, 6.45) is 5.04. The van der Waals surface area contributed by atoms with Crippen molar-refractivity contribution in [2.24, 2.45) is 0 Å². The lowest BCUT2D eigenvalue weighted by molar-refractivity contribution is 0.0681. The number of hydrogen-bond acceptors (Lipinski definition) is 4. The van der Waals surface area contributed by atoms with Crippen molar-refractivity contribution >= 4 is 40.6 Å². The summed E-state index contributed by atoms with van der Waals surface area (Å²) >= 11 is 0. The van der Waals surface area contributed by atoms with Gasteiger partial charge in [0.25, 0.3) is 0 Å². The Labute approximate surface area is 225 Å². The number of carbonyl (C=O) groups is 2. The summed E-state index contributed by atoms with van der Waals surface area (Å²) in [7, 11) is 0. The zero-order valence-electron chi connectivity index (χ0n) is 21.4. The van der Waals surface area contributed by atoms with Crippen LogP contribution in [-0.2, 0) is 12.8 Å². The minimum Gasteiger partial charge on any atom is -0.478 e. The van der Waals surface area contributed by atoms with Gasteiger partial charge < -0.3 is 19.8 Å². The Hall–Kier alpha value is -4.58. The summed E-state index contributed by atoms with van der Waals surface area (Å²) in [5, 5.41) is 23.5. The van der Waals surface area contributed by atoms with Crippen molar-refractivity contribution in [2.45, 2.75) is 32.1 Å². The molecule has 0 spiro atoms. The summed E-state index contributed by atoms with van der Waals surface area (Å²) in [5.74, 6) is -0.788. The zero-order valence-corrected chi connectivity index (χ0v) is 21.4. The fourth-order valence-corrected chi connectivity index (χ4v) is 6.56. The SMILES string of the molecule is C=c1ccc2c3c(ccc2c1)=C(c1cc(C(=O)O)ccc1C(=O)O)c1cc2c4c(c1O3)CCCN4CCCC2. The second-order valence-corrected chi connectivity index (χ2v) is 10.6. The predicted octanol–water partition coefficient (Wildman–Crippen LogP) is 5.09.